The molecular weight excluding hydrogens is 674 g/mol. The molecule has 276 valence electrons. The van der Waals surface area contributed by atoms with Crippen molar-refractivity contribution in [3.63, 3.8) is 0 Å². The van der Waals surface area contributed by atoms with Gasteiger partial charge in [-0.3, -0.25) is 9.80 Å². The largest absolute Gasteiger partial charge is 0.497 e. The molecule has 0 aliphatic heterocycles. The number of nitrogens with zero attached hydrogens (tertiary/aromatic N) is 3. The van der Waals surface area contributed by atoms with Gasteiger partial charge in [-0.25, -0.2) is 9.59 Å². The number of carbonyl (C=O) groups excluding carboxylic acids is 2. The molecule has 5 aromatic rings. The number of methoxy groups -OCH3 is 4. The average Bonchev–Trinajstić information content (AvgIpc) is 3.17. The normalized spacial score (nSPS) is 10.5. The summed E-state index contributed by atoms with van der Waals surface area (Å²) in [6.45, 7) is 0.968. The molecule has 0 aliphatic rings. The van der Waals surface area contributed by atoms with Crippen LogP contribution in [0.3, 0.4) is 0 Å². The van der Waals surface area contributed by atoms with Gasteiger partial charge in [0.1, 0.15) is 34.5 Å². The first-order chi connectivity index (χ1) is 25.7. The Morgan fingerprint density at radius 3 is 1.00 bits per heavy atom. The van der Waals surface area contributed by atoms with E-state index in [0.29, 0.717) is 28.7 Å². The van der Waals surface area contributed by atoms with Gasteiger partial charge in [0.25, 0.3) is 0 Å². The van der Waals surface area contributed by atoms with Crippen LogP contribution in [0.5, 0.6) is 34.5 Å². The fourth-order valence-electron chi connectivity index (χ4n) is 5.60. The van der Waals surface area contributed by atoms with Gasteiger partial charge >= 0.3 is 12.2 Å². The number of hydrogen-bond acceptors (Lipinski definition) is 9. The molecule has 0 atom stereocenters. The first-order valence-corrected chi connectivity index (χ1v) is 16.9. The topological polar surface area (TPSA) is 99.2 Å². The third-order valence-corrected chi connectivity index (χ3v) is 8.34. The summed E-state index contributed by atoms with van der Waals surface area (Å²) in [5.41, 5.74) is 4.08. The van der Waals surface area contributed by atoms with Crippen LogP contribution in [-0.4, -0.2) is 64.5 Å². The number of anilines is 1. The highest BCUT2D eigenvalue weighted by atomic mass is 16.6. The Morgan fingerprint density at radius 1 is 0.434 bits per heavy atom. The van der Waals surface area contributed by atoms with Crippen molar-refractivity contribution in [2.24, 2.45) is 0 Å². The van der Waals surface area contributed by atoms with Crippen molar-refractivity contribution >= 4 is 17.9 Å². The molecule has 0 aromatic heterocycles. The smallest absolute Gasteiger partial charge is 0.415 e. The maximum absolute atomic E-state index is 14.0. The minimum atomic E-state index is -0.596. The minimum absolute atomic E-state index is 0.206. The van der Waals surface area contributed by atoms with E-state index in [1.165, 1.54) is 6.07 Å². The number of benzene rings is 5. The Balaban J connectivity index is 1.41. The zero-order chi connectivity index (χ0) is 37.7. The molecule has 11 heteroatoms. The van der Waals surface area contributed by atoms with Crippen LogP contribution < -0.4 is 33.3 Å². The van der Waals surface area contributed by atoms with Crippen molar-refractivity contribution in [3.8, 4) is 34.5 Å². The summed E-state index contributed by atoms with van der Waals surface area (Å²) in [7, 11) is 10.1. The van der Waals surface area contributed by atoms with Crippen LogP contribution >= 0.6 is 0 Å². The highest BCUT2D eigenvalue weighted by molar-refractivity contribution is 5.74. The van der Waals surface area contributed by atoms with E-state index >= 15 is 0 Å². The van der Waals surface area contributed by atoms with Crippen LogP contribution in [0.1, 0.15) is 22.3 Å². The summed E-state index contributed by atoms with van der Waals surface area (Å²) in [6.07, 6.45) is -1.19. The molecule has 0 radical (unpaired) electrons. The first-order valence-electron chi connectivity index (χ1n) is 16.9. The first kappa shape index (κ1) is 37.9. The van der Waals surface area contributed by atoms with E-state index in [0.717, 1.165) is 22.3 Å². The van der Waals surface area contributed by atoms with Gasteiger partial charge in [-0.1, -0.05) is 48.5 Å². The molecular formula is C42H45N3O8. The number of rotatable bonds is 15. The summed E-state index contributed by atoms with van der Waals surface area (Å²) in [5, 5.41) is 0. The summed E-state index contributed by atoms with van der Waals surface area (Å²) in [6, 6.07) is 35.0. The lowest BCUT2D eigenvalue weighted by atomic mass is 10.1. The molecule has 0 saturated carbocycles. The SMILES string of the molecule is COc1cccc(CN(Cc2cccc(OC)c2)C(=O)Oc2cc(OC(=O)N(Cc3cccc(OC)c3)Cc3cccc(OC)c3)cc(N(C)C)c2)c1. The fraction of sp³-hybridized carbons (Fsp3) is 0.238. The van der Waals surface area contributed by atoms with E-state index in [9.17, 15) is 9.59 Å². The van der Waals surface area contributed by atoms with Crippen molar-refractivity contribution in [3.05, 3.63) is 138 Å². The third-order valence-electron chi connectivity index (χ3n) is 8.34. The van der Waals surface area contributed by atoms with Gasteiger partial charge in [-0.05, 0) is 70.8 Å². The van der Waals surface area contributed by atoms with Gasteiger partial charge < -0.3 is 33.3 Å². The Morgan fingerprint density at radius 2 is 0.736 bits per heavy atom. The van der Waals surface area contributed by atoms with Gasteiger partial charge in [-0.15, -0.1) is 0 Å². The van der Waals surface area contributed by atoms with Gasteiger partial charge in [0, 0.05) is 64.2 Å². The van der Waals surface area contributed by atoms with Crippen LogP contribution in [0, 0.1) is 0 Å². The average molecular weight is 720 g/mol. The van der Waals surface area contributed by atoms with E-state index in [1.54, 1.807) is 50.4 Å². The summed E-state index contributed by atoms with van der Waals surface area (Å²) < 4.78 is 33.7. The molecule has 0 saturated heterocycles. The zero-order valence-corrected chi connectivity index (χ0v) is 30.9. The molecule has 0 fully saturated rings. The standard InChI is InChI=1S/C42H45N3O8/c1-43(2)34-23-39(52-41(46)44(26-30-11-7-15-35(19-30)48-3)27-31-12-8-16-36(20-31)49-4)25-40(24-34)53-42(47)45(28-32-13-9-17-37(21-32)50-5)29-33-14-10-18-38(22-33)51-6/h7-25H,26-29H2,1-6H3. The Labute approximate surface area is 310 Å². The lowest BCUT2D eigenvalue weighted by Crippen LogP contribution is -2.33. The quantitative estimate of drug-likeness (QED) is 0.106. The van der Waals surface area contributed by atoms with Gasteiger partial charge in [0.05, 0.1) is 28.4 Å². The van der Waals surface area contributed by atoms with Gasteiger partial charge in [0.15, 0.2) is 0 Å². The highest BCUT2D eigenvalue weighted by Gasteiger charge is 2.22. The summed E-state index contributed by atoms with van der Waals surface area (Å²) in [4.78, 5) is 32.9. The highest BCUT2D eigenvalue weighted by Crippen LogP contribution is 2.30. The molecule has 0 aliphatic carbocycles. The van der Waals surface area contributed by atoms with Crippen molar-refractivity contribution in [2.45, 2.75) is 26.2 Å². The lowest BCUT2D eigenvalue weighted by Gasteiger charge is -2.24. The van der Waals surface area contributed by atoms with Gasteiger partial charge in [-0.2, -0.15) is 0 Å². The summed E-state index contributed by atoms with van der Waals surface area (Å²) in [5.74, 6) is 3.11. The molecule has 11 nitrogen and oxygen atoms in total. The predicted octanol–water partition coefficient (Wildman–Crippen LogP) is 8.19. The lowest BCUT2D eigenvalue weighted by molar-refractivity contribution is 0.144. The minimum Gasteiger partial charge on any atom is -0.497 e. The van der Waals surface area contributed by atoms with Crippen LogP contribution in [0.4, 0.5) is 15.3 Å². The molecule has 5 aromatic carbocycles. The number of carbonyl (C=O) groups is 2. The van der Waals surface area contributed by atoms with E-state index in [4.69, 9.17) is 28.4 Å². The van der Waals surface area contributed by atoms with E-state index in [2.05, 4.69) is 0 Å². The van der Waals surface area contributed by atoms with Crippen LogP contribution in [0.15, 0.2) is 115 Å². The second-order valence-electron chi connectivity index (χ2n) is 12.4. The number of ether oxygens (including phenoxy) is 6. The van der Waals surface area contributed by atoms with Crippen molar-refractivity contribution in [1.29, 1.82) is 0 Å². The maximum atomic E-state index is 14.0. The zero-order valence-electron chi connectivity index (χ0n) is 30.9. The second-order valence-corrected chi connectivity index (χ2v) is 12.4. The molecule has 0 bridgehead atoms. The van der Waals surface area contributed by atoms with Crippen molar-refractivity contribution in [1.82, 2.24) is 9.80 Å². The van der Waals surface area contributed by atoms with E-state index < -0.39 is 12.2 Å². The number of amides is 2. The Kier molecular flexibility index (Phi) is 13.0. The van der Waals surface area contributed by atoms with Crippen molar-refractivity contribution in [2.75, 3.05) is 47.4 Å². The predicted molar refractivity (Wildman–Crippen MR) is 203 cm³/mol. The Bertz CT molecular complexity index is 1770. The molecule has 2 amide bonds. The fourth-order valence-corrected chi connectivity index (χ4v) is 5.60. The molecule has 0 unspecified atom stereocenters. The van der Waals surface area contributed by atoms with E-state index in [1.807, 2.05) is 116 Å². The molecule has 5 rings (SSSR count). The maximum Gasteiger partial charge on any atom is 0.415 e. The molecule has 0 heterocycles. The Hall–Kier alpha value is -6.36. The molecule has 53 heavy (non-hydrogen) atoms. The van der Waals surface area contributed by atoms with Crippen LogP contribution in [-0.2, 0) is 26.2 Å². The van der Waals surface area contributed by atoms with Crippen LogP contribution in [0.2, 0.25) is 0 Å². The molecule has 0 N–H and O–H groups in total. The monoisotopic (exact) mass is 719 g/mol. The molecule has 0 spiro atoms. The second kappa shape index (κ2) is 18.2. The van der Waals surface area contributed by atoms with Gasteiger partial charge in [0.2, 0.25) is 0 Å². The van der Waals surface area contributed by atoms with E-state index in [-0.39, 0.29) is 37.7 Å². The summed E-state index contributed by atoms with van der Waals surface area (Å²) >= 11 is 0. The third kappa shape index (κ3) is 10.8. The number of hydrogen-bond donors (Lipinski definition) is 0. The van der Waals surface area contributed by atoms with Crippen LogP contribution in [0.25, 0.3) is 0 Å². The van der Waals surface area contributed by atoms with Crippen molar-refractivity contribution < 1.29 is 38.0 Å².